The molecule has 0 radical (unpaired) electrons. The van der Waals surface area contributed by atoms with Crippen LogP contribution in [0.4, 0.5) is 11.4 Å². The number of thioether (sulfide) groups is 1. The summed E-state index contributed by atoms with van der Waals surface area (Å²) in [4.78, 5) is 39.8. The van der Waals surface area contributed by atoms with Crippen LogP contribution in [0.15, 0.2) is 114 Å². The maximum Gasteiger partial charge on any atom is 0.272 e. The first kappa shape index (κ1) is 28.4. The molecule has 0 aliphatic carbocycles. The molecule has 0 saturated carbocycles. The molecule has 0 saturated heterocycles. The molecule has 40 heavy (non-hydrogen) atoms. The Labute approximate surface area is 238 Å². The highest BCUT2D eigenvalue weighted by Crippen LogP contribution is 2.27. The summed E-state index contributed by atoms with van der Waals surface area (Å²) in [6, 6.07) is 31.2. The maximum absolute atomic E-state index is 13.3. The molecule has 0 heterocycles. The van der Waals surface area contributed by atoms with Crippen LogP contribution in [0.2, 0.25) is 0 Å². The van der Waals surface area contributed by atoms with E-state index in [-0.39, 0.29) is 22.8 Å². The van der Waals surface area contributed by atoms with Gasteiger partial charge in [-0.1, -0.05) is 72.3 Å². The largest absolute Gasteiger partial charge is 0.325 e. The van der Waals surface area contributed by atoms with Gasteiger partial charge in [-0.15, -0.1) is 11.8 Å². The molecule has 3 N–H and O–H groups in total. The van der Waals surface area contributed by atoms with Gasteiger partial charge in [-0.3, -0.25) is 14.4 Å². The minimum atomic E-state index is -0.462. The van der Waals surface area contributed by atoms with E-state index in [2.05, 4.69) is 16.0 Å². The lowest BCUT2D eigenvalue weighted by molar-refractivity contribution is -0.115. The van der Waals surface area contributed by atoms with Gasteiger partial charge in [0.25, 0.3) is 11.8 Å². The number of rotatable bonds is 9. The molecular weight excluding hydrogens is 518 g/mol. The van der Waals surface area contributed by atoms with E-state index in [9.17, 15) is 14.4 Å². The topological polar surface area (TPSA) is 87.3 Å². The molecule has 202 valence electrons. The van der Waals surface area contributed by atoms with Gasteiger partial charge in [-0.25, -0.2) is 0 Å². The highest BCUT2D eigenvalue weighted by atomic mass is 32.2. The molecule has 0 aliphatic rings. The molecule has 1 unspecified atom stereocenters. The monoisotopic (exact) mass is 549 g/mol. The number of anilines is 2. The minimum absolute atomic E-state index is 0.108. The second-order valence-corrected chi connectivity index (χ2v) is 10.8. The molecule has 0 aromatic heterocycles. The number of carbonyl (C=O) groups is 3. The first-order valence-electron chi connectivity index (χ1n) is 12.9. The Morgan fingerprint density at radius 2 is 1.48 bits per heavy atom. The number of nitrogens with one attached hydrogen (secondary N) is 3. The van der Waals surface area contributed by atoms with Crippen molar-refractivity contribution in [1.29, 1.82) is 0 Å². The molecule has 0 spiro atoms. The van der Waals surface area contributed by atoms with Crippen molar-refractivity contribution >= 4 is 46.9 Å². The lowest BCUT2D eigenvalue weighted by Gasteiger charge is -2.15. The first-order chi connectivity index (χ1) is 19.3. The first-order valence-corrected chi connectivity index (χ1v) is 13.8. The van der Waals surface area contributed by atoms with Crippen LogP contribution in [0.1, 0.15) is 34.0 Å². The number of benzene rings is 4. The predicted octanol–water partition coefficient (Wildman–Crippen LogP) is 6.83. The van der Waals surface area contributed by atoms with Crippen LogP contribution in [0, 0.1) is 13.8 Å². The van der Waals surface area contributed by atoms with E-state index >= 15 is 0 Å². The quantitative estimate of drug-likeness (QED) is 0.158. The summed E-state index contributed by atoms with van der Waals surface area (Å²) in [7, 11) is 0. The Balaban J connectivity index is 1.46. The molecule has 0 aliphatic heterocycles. The second-order valence-electron chi connectivity index (χ2n) is 9.34. The van der Waals surface area contributed by atoms with E-state index < -0.39 is 5.91 Å². The molecular formula is C33H31N3O3S. The summed E-state index contributed by atoms with van der Waals surface area (Å²) in [6.45, 7) is 5.82. The standard InChI is InChI=1S/C33H31N3O3S/c1-22-17-18-29(23(2)19-22)35-31(37)24(3)40-28-16-10-15-27(21-28)34-33(39)30(20-25-11-6-4-7-12-25)36-32(38)26-13-8-5-9-14-26/h4-21,24H,1-3H3,(H,34,39)(H,35,37)(H,36,38)/b30-20-. The van der Waals surface area contributed by atoms with E-state index in [0.717, 1.165) is 27.3 Å². The summed E-state index contributed by atoms with van der Waals surface area (Å²) in [5.41, 5.74) is 4.81. The van der Waals surface area contributed by atoms with Crippen LogP contribution in [0.3, 0.4) is 0 Å². The normalized spacial score (nSPS) is 11.8. The highest BCUT2D eigenvalue weighted by molar-refractivity contribution is 8.00. The number of hydrogen-bond donors (Lipinski definition) is 3. The lowest BCUT2D eigenvalue weighted by atomic mass is 10.1. The molecule has 0 fully saturated rings. The Kier molecular flexibility index (Phi) is 9.54. The molecule has 0 bridgehead atoms. The Bertz CT molecular complexity index is 1540. The minimum Gasteiger partial charge on any atom is -0.325 e. The number of amides is 3. The molecule has 4 aromatic rings. The zero-order valence-electron chi connectivity index (χ0n) is 22.6. The van der Waals surface area contributed by atoms with Gasteiger partial charge in [0.1, 0.15) is 5.70 Å². The van der Waals surface area contributed by atoms with Crippen LogP contribution in [-0.2, 0) is 9.59 Å². The smallest absolute Gasteiger partial charge is 0.272 e. The number of carbonyl (C=O) groups excluding carboxylic acids is 3. The van der Waals surface area contributed by atoms with Crippen molar-refractivity contribution < 1.29 is 14.4 Å². The average molecular weight is 550 g/mol. The second kappa shape index (κ2) is 13.4. The zero-order valence-corrected chi connectivity index (χ0v) is 23.4. The summed E-state index contributed by atoms with van der Waals surface area (Å²) < 4.78 is 0. The molecule has 4 rings (SSSR count). The molecule has 7 heteroatoms. The lowest BCUT2D eigenvalue weighted by Crippen LogP contribution is -2.30. The van der Waals surface area contributed by atoms with Crippen molar-refractivity contribution in [2.75, 3.05) is 10.6 Å². The van der Waals surface area contributed by atoms with Gasteiger partial charge in [0, 0.05) is 21.8 Å². The van der Waals surface area contributed by atoms with Crippen molar-refractivity contribution in [2.24, 2.45) is 0 Å². The van der Waals surface area contributed by atoms with E-state index in [4.69, 9.17) is 0 Å². The van der Waals surface area contributed by atoms with Crippen molar-refractivity contribution in [2.45, 2.75) is 30.9 Å². The molecule has 1 atom stereocenters. The zero-order chi connectivity index (χ0) is 28.5. The van der Waals surface area contributed by atoms with Crippen LogP contribution in [0.5, 0.6) is 0 Å². The van der Waals surface area contributed by atoms with Crippen molar-refractivity contribution in [3.8, 4) is 0 Å². The molecule has 4 aromatic carbocycles. The van der Waals surface area contributed by atoms with Gasteiger partial charge >= 0.3 is 0 Å². The highest BCUT2D eigenvalue weighted by Gasteiger charge is 2.18. The SMILES string of the molecule is Cc1ccc(NC(=O)C(C)Sc2cccc(NC(=O)/C(=C/c3ccccc3)NC(=O)c3ccccc3)c2)c(C)c1. The van der Waals surface area contributed by atoms with E-state index in [1.165, 1.54) is 11.8 Å². The predicted molar refractivity (Wildman–Crippen MR) is 163 cm³/mol. The van der Waals surface area contributed by atoms with Gasteiger partial charge in [-0.05, 0) is 74.4 Å². The van der Waals surface area contributed by atoms with Gasteiger partial charge in [0.15, 0.2) is 0 Å². The van der Waals surface area contributed by atoms with Gasteiger partial charge < -0.3 is 16.0 Å². The third-order valence-corrected chi connectivity index (χ3v) is 7.15. The van der Waals surface area contributed by atoms with E-state index in [1.54, 1.807) is 36.4 Å². The van der Waals surface area contributed by atoms with Crippen molar-refractivity contribution in [3.63, 3.8) is 0 Å². The fourth-order valence-corrected chi connectivity index (χ4v) is 4.88. The van der Waals surface area contributed by atoms with Crippen molar-refractivity contribution in [3.05, 3.63) is 131 Å². The van der Waals surface area contributed by atoms with Gasteiger partial charge in [0.05, 0.1) is 5.25 Å². The van der Waals surface area contributed by atoms with E-state index in [0.29, 0.717) is 11.3 Å². The summed E-state index contributed by atoms with van der Waals surface area (Å²) in [6.07, 6.45) is 1.63. The Hall–Kier alpha value is -4.62. The van der Waals surface area contributed by atoms with Gasteiger partial charge in [-0.2, -0.15) is 0 Å². The molecule has 3 amide bonds. The Morgan fingerprint density at radius 3 is 2.17 bits per heavy atom. The summed E-state index contributed by atoms with van der Waals surface area (Å²) >= 11 is 1.39. The van der Waals surface area contributed by atoms with Crippen LogP contribution >= 0.6 is 11.8 Å². The number of aryl methyl sites for hydroxylation is 2. The molecule has 6 nitrogen and oxygen atoms in total. The third-order valence-electron chi connectivity index (χ3n) is 6.05. The fraction of sp³-hybridized carbons (Fsp3) is 0.121. The van der Waals surface area contributed by atoms with Crippen LogP contribution < -0.4 is 16.0 Å². The van der Waals surface area contributed by atoms with Crippen molar-refractivity contribution in [1.82, 2.24) is 5.32 Å². The maximum atomic E-state index is 13.3. The van der Waals surface area contributed by atoms with Crippen LogP contribution in [0.25, 0.3) is 6.08 Å². The number of hydrogen-bond acceptors (Lipinski definition) is 4. The van der Waals surface area contributed by atoms with Gasteiger partial charge in [0.2, 0.25) is 5.91 Å². The summed E-state index contributed by atoms with van der Waals surface area (Å²) in [5, 5.41) is 8.25. The van der Waals surface area contributed by atoms with E-state index in [1.807, 2.05) is 93.6 Å². The fourth-order valence-electron chi connectivity index (χ4n) is 3.95. The third kappa shape index (κ3) is 7.94. The average Bonchev–Trinajstić information content (AvgIpc) is 2.95. The summed E-state index contributed by atoms with van der Waals surface area (Å²) in [5.74, 6) is -0.954. The Morgan fingerprint density at radius 1 is 0.775 bits per heavy atom. The van der Waals surface area contributed by atoms with Crippen LogP contribution in [-0.4, -0.2) is 23.0 Å².